The second kappa shape index (κ2) is 12.8. The maximum atomic E-state index is 12.6. The Bertz CT molecular complexity index is 634. The van der Waals surface area contributed by atoms with Crippen LogP contribution in [0.2, 0.25) is 0 Å². The van der Waals surface area contributed by atoms with Crippen LogP contribution < -0.4 is 0 Å². The summed E-state index contributed by atoms with van der Waals surface area (Å²) in [4.78, 5) is 12.6. The molecular formula is C21H38O13. The molecule has 1 unspecified atom stereocenters. The minimum atomic E-state index is -2.95. The van der Waals surface area contributed by atoms with Crippen molar-refractivity contribution in [1.29, 1.82) is 0 Å². The Labute approximate surface area is 197 Å². The van der Waals surface area contributed by atoms with Gasteiger partial charge in [0.2, 0.25) is 5.79 Å². The van der Waals surface area contributed by atoms with Crippen molar-refractivity contribution in [3.63, 3.8) is 0 Å². The smallest absolute Gasteiger partial charge is 0.362 e. The van der Waals surface area contributed by atoms with Crippen molar-refractivity contribution >= 4 is 5.97 Å². The van der Waals surface area contributed by atoms with E-state index < -0.39 is 80.3 Å². The zero-order valence-electron chi connectivity index (χ0n) is 19.2. The van der Waals surface area contributed by atoms with Gasteiger partial charge < -0.3 is 55.1 Å². The highest BCUT2D eigenvalue weighted by Gasteiger charge is 2.65. The van der Waals surface area contributed by atoms with Gasteiger partial charge in [-0.05, 0) is 6.42 Å². The number of aliphatic hydroxyl groups is 8. The molecule has 0 aliphatic carbocycles. The van der Waals surface area contributed by atoms with Gasteiger partial charge in [-0.25, -0.2) is 0 Å². The minimum Gasteiger partial charge on any atom is -0.405 e. The Morgan fingerprint density at radius 3 is 1.94 bits per heavy atom. The van der Waals surface area contributed by atoms with Gasteiger partial charge >= 0.3 is 11.9 Å². The predicted molar refractivity (Wildman–Crippen MR) is 112 cm³/mol. The van der Waals surface area contributed by atoms with E-state index in [2.05, 4.69) is 6.92 Å². The average Bonchev–Trinajstić information content (AvgIpc) is 3.07. The molecule has 0 radical (unpaired) electrons. The van der Waals surface area contributed by atoms with Crippen LogP contribution in [0.1, 0.15) is 51.9 Å². The van der Waals surface area contributed by atoms with Crippen molar-refractivity contribution in [2.24, 2.45) is 0 Å². The second-order valence-electron chi connectivity index (χ2n) is 8.71. The largest absolute Gasteiger partial charge is 0.405 e. The number of aliphatic hydroxyl groups excluding tert-OH is 8. The number of hydrogen-bond donors (Lipinski definition) is 8. The first-order valence-corrected chi connectivity index (χ1v) is 11.6. The fourth-order valence-electron chi connectivity index (χ4n) is 4.05. The van der Waals surface area contributed by atoms with E-state index in [0.717, 1.165) is 32.1 Å². The molecule has 200 valence electrons. The normalized spacial score (nSPS) is 40.4. The number of unbranched alkanes of at least 4 members (excludes halogenated alkanes) is 5. The lowest BCUT2D eigenvalue weighted by molar-refractivity contribution is -0.498. The minimum absolute atomic E-state index is 0.132. The average molecular weight is 499 g/mol. The lowest BCUT2D eigenvalue weighted by atomic mass is 9.97. The highest BCUT2D eigenvalue weighted by atomic mass is 16.9. The van der Waals surface area contributed by atoms with Crippen molar-refractivity contribution in [3.05, 3.63) is 0 Å². The van der Waals surface area contributed by atoms with E-state index in [9.17, 15) is 45.6 Å². The van der Waals surface area contributed by atoms with Crippen LogP contribution in [0, 0.1) is 0 Å². The van der Waals surface area contributed by atoms with Crippen molar-refractivity contribution in [1.82, 2.24) is 0 Å². The molecule has 13 nitrogen and oxygen atoms in total. The molecule has 0 spiro atoms. The molecule has 34 heavy (non-hydrogen) atoms. The molecule has 0 amide bonds. The van der Waals surface area contributed by atoms with Gasteiger partial charge in [-0.2, -0.15) is 0 Å². The first kappa shape index (κ1) is 29.3. The van der Waals surface area contributed by atoms with Crippen molar-refractivity contribution < 1.29 is 64.6 Å². The quantitative estimate of drug-likeness (QED) is 0.0734. The van der Waals surface area contributed by atoms with Gasteiger partial charge in [-0.3, -0.25) is 9.53 Å². The number of carbonyl (C=O) groups excluding carboxylic acids is 1. The van der Waals surface area contributed by atoms with Gasteiger partial charge in [0.25, 0.3) is 0 Å². The van der Waals surface area contributed by atoms with Crippen LogP contribution in [0.3, 0.4) is 0 Å². The van der Waals surface area contributed by atoms with Crippen LogP contribution in [-0.4, -0.2) is 121 Å². The van der Waals surface area contributed by atoms with Gasteiger partial charge in [0.1, 0.15) is 43.2 Å². The maximum Gasteiger partial charge on any atom is 0.362 e. The zero-order valence-corrected chi connectivity index (χ0v) is 19.2. The van der Waals surface area contributed by atoms with Crippen LogP contribution in [0.25, 0.3) is 0 Å². The van der Waals surface area contributed by atoms with Gasteiger partial charge in [0.15, 0.2) is 6.10 Å². The third-order valence-electron chi connectivity index (χ3n) is 6.12. The molecule has 0 bridgehead atoms. The molecule has 2 aliphatic rings. The third-order valence-corrected chi connectivity index (χ3v) is 6.12. The predicted octanol–water partition coefficient (Wildman–Crippen LogP) is -2.77. The molecule has 9 atom stereocenters. The topological polar surface area (TPSA) is 216 Å². The Hall–Kier alpha value is -0.970. The summed E-state index contributed by atoms with van der Waals surface area (Å²) in [5.41, 5.74) is 0. The van der Waals surface area contributed by atoms with Crippen molar-refractivity contribution in [2.45, 2.75) is 106 Å². The van der Waals surface area contributed by atoms with Crippen LogP contribution in [0.15, 0.2) is 0 Å². The first-order chi connectivity index (χ1) is 16.1. The van der Waals surface area contributed by atoms with Crippen LogP contribution in [0.5, 0.6) is 0 Å². The molecule has 0 aromatic rings. The standard InChI is InChI=1S/C21H38O13/c1-2-3-4-5-6-7-8-14(25)33-21(19(30)17(28)15(26)12(9-22)32-21)34-20(11-24)18(29)16(27)13(10-23)31-20/h12-13,15-19,22-24,26-30H,2-11H2,1H3/t12-,13-,15-,16-,17+,18+,19-,20?,21+/m1/s1. The van der Waals surface area contributed by atoms with E-state index in [1.54, 1.807) is 0 Å². The summed E-state index contributed by atoms with van der Waals surface area (Å²) in [6, 6.07) is 0. The summed E-state index contributed by atoms with van der Waals surface area (Å²) in [5, 5.41) is 80.5. The van der Waals surface area contributed by atoms with E-state index in [-0.39, 0.29) is 6.42 Å². The van der Waals surface area contributed by atoms with Crippen LogP contribution >= 0.6 is 0 Å². The first-order valence-electron chi connectivity index (χ1n) is 11.6. The van der Waals surface area contributed by atoms with E-state index in [1.807, 2.05) is 0 Å². The van der Waals surface area contributed by atoms with E-state index in [4.69, 9.17) is 18.9 Å². The van der Waals surface area contributed by atoms with Crippen molar-refractivity contribution in [2.75, 3.05) is 19.8 Å². The van der Waals surface area contributed by atoms with Gasteiger partial charge in [-0.1, -0.05) is 39.0 Å². The number of esters is 1. The highest BCUT2D eigenvalue weighted by Crippen LogP contribution is 2.41. The fourth-order valence-corrected chi connectivity index (χ4v) is 4.05. The van der Waals surface area contributed by atoms with Gasteiger partial charge in [0.05, 0.1) is 13.2 Å². The second-order valence-corrected chi connectivity index (χ2v) is 8.71. The van der Waals surface area contributed by atoms with Gasteiger partial charge in [0, 0.05) is 6.42 Å². The molecular weight excluding hydrogens is 460 g/mol. The third kappa shape index (κ3) is 6.23. The summed E-state index contributed by atoms with van der Waals surface area (Å²) in [5.74, 6) is -6.44. The molecule has 8 N–H and O–H groups in total. The zero-order chi connectivity index (χ0) is 25.5. The lowest BCUT2D eigenvalue weighted by Gasteiger charge is -2.49. The van der Waals surface area contributed by atoms with Crippen molar-refractivity contribution in [3.8, 4) is 0 Å². The Balaban J connectivity index is 2.27. The number of rotatable bonds is 13. The molecule has 0 aromatic heterocycles. The summed E-state index contributed by atoms with van der Waals surface area (Å²) in [6.45, 7) is -0.749. The molecule has 2 rings (SSSR count). The fraction of sp³-hybridized carbons (Fsp3) is 0.952. The maximum absolute atomic E-state index is 12.6. The summed E-state index contributed by atoms with van der Waals surface area (Å²) >= 11 is 0. The summed E-state index contributed by atoms with van der Waals surface area (Å²) < 4.78 is 21.4. The summed E-state index contributed by atoms with van der Waals surface area (Å²) in [7, 11) is 0. The Morgan fingerprint density at radius 1 is 0.794 bits per heavy atom. The Kier molecular flexibility index (Phi) is 11.0. The molecule has 13 heteroatoms. The van der Waals surface area contributed by atoms with E-state index in [0.29, 0.717) is 6.42 Å². The number of ether oxygens (including phenoxy) is 4. The molecule has 0 aromatic carbocycles. The molecule has 2 saturated heterocycles. The SMILES string of the molecule is CCCCCCCCC(=O)O[C@@]1(OC2(CO)O[C@H](CO)[C@@H](O)[C@@H]2O)O[C@H](CO)[C@@H](O)[C@H](O)[C@H]1O. The molecule has 2 fully saturated rings. The van der Waals surface area contributed by atoms with Crippen LogP contribution in [0.4, 0.5) is 0 Å². The number of hydrogen-bond acceptors (Lipinski definition) is 13. The summed E-state index contributed by atoms with van der Waals surface area (Å²) in [6.07, 6.45) is -7.83. The Morgan fingerprint density at radius 2 is 1.38 bits per heavy atom. The lowest BCUT2D eigenvalue weighted by Crippen LogP contribution is -2.70. The van der Waals surface area contributed by atoms with Crippen LogP contribution in [-0.2, 0) is 23.7 Å². The van der Waals surface area contributed by atoms with E-state index in [1.165, 1.54) is 0 Å². The van der Waals surface area contributed by atoms with Gasteiger partial charge in [-0.15, -0.1) is 0 Å². The molecule has 0 saturated carbocycles. The monoisotopic (exact) mass is 498 g/mol. The highest BCUT2D eigenvalue weighted by molar-refractivity contribution is 5.69. The van der Waals surface area contributed by atoms with E-state index >= 15 is 0 Å². The molecule has 2 aliphatic heterocycles. The molecule has 2 heterocycles. The number of carbonyl (C=O) groups is 1.